The molecule has 0 saturated carbocycles. The molecule has 1 nitrogen and oxygen atoms in total. The summed E-state index contributed by atoms with van der Waals surface area (Å²) in [6.07, 6.45) is 1.98. The van der Waals surface area contributed by atoms with Gasteiger partial charge in [0.15, 0.2) is 0 Å². The maximum atomic E-state index is 3.21. The van der Waals surface area contributed by atoms with Gasteiger partial charge >= 0.3 is 0 Å². The third-order valence-electron chi connectivity index (χ3n) is 2.42. The van der Waals surface area contributed by atoms with Crippen molar-refractivity contribution in [2.24, 2.45) is 0 Å². The summed E-state index contributed by atoms with van der Waals surface area (Å²) >= 11 is 0. The zero-order valence-electron chi connectivity index (χ0n) is 7.53. The van der Waals surface area contributed by atoms with Gasteiger partial charge in [-0.1, -0.05) is 24.3 Å². The van der Waals surface area contributed by atoms with E-state index in [0.29, 0.717) is 0 Å². The highest BCUT2D eigenvalue weighted by atomic mass is 35.5. The molecule has 1 N–H and O–H groups in total. The molecule has 0 unspecified atom stereocenters. The van der Waals surface area contributed by atoms with Crippen molar-refractivity contribution in [1.82, 2.24) is 4.98 Å². The van der Waals surface area contributed by atoms with E-state index in [1.807, 2.05) is 6.20 Å². The second-order valence-electron chi connectivity index (χ2n) is 3.26. The van der Waals surface area contributed by atoms with Crippen LogP contribution >= 0.6 is 12.4 Å². The van der Waals surface area contributed by atoms with Gasteiger partial charge in [-0.15, -0.1) is 12.4 Å². The quantitative estimate of drug-likeness (QED) is 0.573. The molecular weight excluding hydrogens is 194 g/mol. The van der Waals surface area contributed by atoms with E-state index in [2.05, 4.69) is 47.4 Å². The standard InChI is InChI=1S/C12H9N.ClH/c1-2-4-10-8-12-11(5-6-13-12)7-9(10)3-1;/h1-8,13H;1H. The molecular formula is C12H10ClN. The van der Waals surface area contributed by atoms with Crippen molar-refractivity contribution in [2.75, 3.05) is 0 Å². The Morgan fingerprint density at radius 1 is 0.786 bits per heavy atom. The zero-order valence-corrected chi connectivity index (χ0v) is 8.34. The fourth-order valence-corrected chi connectivity index (χ4v) is 1.74. The summed E-state index contributed by atoms with van der Waals surface area (Å²) in [4.78, 5) is 3.21. The fraction of sp³-hybridized carbons (Fsp3) is 0. The van der Waals surface area contributed by atoms with E-state index >= 15 is 0 Å². The number of aromatic nitrogens is 1. The molecule has 70 valence electrons. The molecule has 3 rings (SSSR count). The molecule has 0 aliphatic carbocycles. The van der Waals surface area contributed by atoms with Gasteiger partial charge in [0.25, 0.3) is 0 Å². The van der Waals surface area contributed by atoms with Crippen LogP contribution in [0.15, 0.2) is 48.7 Å². The van der Waals surface area contributed by atoms with Crippen LogP contribution in [0.4, 0.5) is 0 Å². The highest BCUT2D eigenvalue weighted by molar-refractivity contribution is 5.96. The lowest BCUT2D eigenvalue weighted by atomic mass is 10.1. The van der Waals surface area contributed by atoms with Crippen molar-refractivity contribution in [2.45, 2.75) is 0 Å². The predicted octanol–water partition coefficient (Wildman–Crippen LogP) is 3.74. The molecule has 0 fully saturated rings. The lowest BCUT2D eigenvalue weighted by Crippen LogP contribution is -1.72. The molecule has 1 heterocycles. The number of H-pyrrole nitrogens is 1. The number of halogens is 1. The van der Waals surface area contributed by atoms with Gasteiger partial charge in [-0.05, 0) is 34.4 Å². The number of nitrogens with one attached hydrogen (secondary N) is 1. The average molecular weight is 204 g/mol. The van der Waals surface area contributed by atoms with Crippen LogP contribution in [0.3, 0.4) is 0 Å². The molecule has 0 spiro atoms. The first-order chi connectivity index (χ1) is 6.43. The molecule has 0 amide bonds. The lowest BCUT2D eigenvalue weighted by molar-refractivity contribution is 1.48. The maximum Gasteiger partial charge on any atom is 0.0460 e. The SMILES string of the molecule is Cl.c1ccc2cc3[nH]ccc3cc2c1. The summed E-state index contributed by atoms with van der Waals surface area (Å²) in [7, 11) is 0. The van der Waals surface area contributed by atoms with Crippen molar-refractivity contribution >= 4 is 34.1 Å². The molecule has 0 atom stereocenters. The van der Waals surface area contributed by atoms with E-state index < -0.39 is 0 Å². The summed E-state index contributed by atoms with van der Waals surface area (Å²) in [6, 6.07) is 14.9. The summed E-state index contributed by atoms with van der Waals surface area (Å²) in [5.41, 5.74) is 1.21. The number of benzene rings is 2. The van der Waals surface area contributed by atoms with Crippen LogP contribution in [0.1, 0.15) is 0 Å². The highest BCUT2D eigenvalue weighted by Crippen LogP contribution is 2.21. The Labute approximate surface area is 88.2 Å². The Balaban J connectivity index is 0.000000750. The summed E-state index contributed by atoms with van der Waals surface area (Å²) in [5, 5.41) is 3.87. The fourth-order valence-electron chi connectivity index (χ4n) is 1.74. The average Bonchev–Trinajstić information content (AvgIpc) is 2.61. The molecule has 0 radical (unpaired) electrons. The normalized spacial score (nSPS) is 10.3. The number of hydrogen-bond acceptors (Lipinski definition) is 0. The van der Waals surface area contributed by atoms with Crippen LogP contribution in [0, 0.1) is 0 Å². The van der Waals surface area contributed by atoms with E-state index in [1.54, 1.807) is 0 Å². The highest BCUT2D eigenvalue weighted by Gasteiger charge is 1.96. The van der Waals surface area contributed by atoms with Gasteiger partial charge in [-0.2, -0.15) is 0 Å². The molecule has 14 heavy (non-hydrogen) atoms. The first kappa shape index (κ1) is 9.10. The van der Waals surface area contributed by atoms with Crippen LogP contribution in [-0.2, 0) is 0 Å². The third-order valence-corrected chi connectivity index (χ3v) is 2.42. The van der Waals surface area contributed by atoms with Gasteiger partial charge in [0.1, 0.15) is 0 Å². The van der Waals surface area contributed by atoms with Crippen molar-refractivity contribution in [3.05, 3.63) is 48.7 Å². The van der Waals surface area contributed by atoms with Crippen LogP contribution in [0.25, 0.3) is 21.7 Å². The van der Waals surface area contributed by atoms with E-state index in [1.165, 1.54) is 21.7 Å². The molecule has 3 aromatic rings. The van der Waals surface area contributed by atoms with Crippen molar-refractivity contribution < 1.29 is 0 Å². The van der Waals surface area contributed by atoms with E-state index in [-0.39, 0.29) is 12.4 Å². The molecule has 0 aliphatic rings. The maximum absolute atomic E-state index is 3.21. The van der Waals surface area contributed by atoms with Crippen molar-refractivity contribution in [3.8, 4) is 0 Å². The monoisotopic (exact) mass is 203 g/mol. The van der Waals surface area contributed by atoms with Gasteiger partial charge in [0.05, 0.1) is 0 Å². The van der Waals surface area contributed by atoms with Crippen LogP contribution < -0.4 is 0 Å². The van der Waals surface area contributed by atoms with Crippen LogP contribution in [-0.4, -0.2) is 4.98 Å². The number of hydrogen-bond donors (Lipinski definition) is 1. The molecule has 0 aliphatic heterocycles. The molecule has 1 aromatic heterocycles. The summed E-state index contributed by atoms with van der Waals surface area (Å²) in [5.74, 6) is 0. The second kappa shape index (κ2) is 3.35. The Kier molecular flexibility index (Phi) is 2.18. The Hall–Kier alpha value is -1.47. The van der Waals surface area contributed by atoms with Crippen molar-refractivity contribution in [3.63, 3.8) is 0 Å². The minimum Gasteiger partial charge on any atom is -0.361 e. The van der Waals surface area contributed by atoms with Gasteiger partial charge in [0, 0.05) is 11.7 Å². The van der Waals surface area contributed by atoms with Crippen molar-refractivity contribution in [1.29, 1.82) is 0 Å². The van der Waals surface area contributed by atoms with Gasteiger partial charge < -0.3 is 4.98 Å². The smallest absolute Gasteiger partial charge is 0.0460 e. The molecule has 2 aromatic carbocycles. The molecule has 2 heteroatoms. The van der Waals surface area contributed by atoms with Gasteiger partial charge in [-0.3, -0.25) is 0 Å². The van der Waals surface area contributed by atoms with Crippen LogP contribution in [0.5, 0.6) is 0 Å². The van der Waals surface area contributed by atoms with Crippen LogP contribution in [0.2, 0.25) is 0 Å². The molecule has 0 bridgehead atoms. The third kappa shape index (κ3) is 1.26. The summed E-state index contributed by atoms with van der Waals surface area (Å²) in [6.45, 7) is 0. The minimum atomic E-state index is 0. The molecule has 0 saturated heterocycles. The van der Waals surface area contributed by atoms with Gasteiger partial charge in [0.2, 0.25) is 0 Å². The van der Waals surface area contributed by atoms with E-state index in [9.17, 15) is 0 Å². The Morgan fingerprint density at radius 3 is 2.29 bits per heavy atom. The second-order valence-corrected chi connectivity index (χ2v) is 3.26. The lowest BCUT2D eigenvalue weighted by Gasteiger charge is -1.96. The largest absolute Gasteiger partial charge is 0.361 e. The minimum absolute atomic E-state index is 0. The van der Waals surface area contributed by atoms with E-state index in [4.69, 9.17) is 0 Å². The Morgan fingerprint density at radius 2 is 1.50 bits per heavy atom. The number of fused-ring (bicyclic) bond motifs is 2. The topological polar surface area (TPSA) is 15.8 Å². The van der Waals surface area contributed by atoms with E-state index in [0.717, 1.165) is 0 Å². The zero-order chi connectivity index (χ0) is 8.67. The predicted molar refractivity (Wildman–Crippen MR) is 63.1 cm³/mol. The first-order valence-electron chi connectivity index (χ1n) is 4.39. The van der Waals surface area contributed by atoms with Gasteiger partial charge in [-0.25, -0.2) is 0 Å². The summed E-state index contributed by atoms with van der Waals surface area (Å²) < 4.78 is 0. The number of aromatic amines is 1. The first-order valence-corrected chi connectivity index (χ1v) is 4.39. The Bertz CT molecular complexity index is 519. The number of rotatable bonds is 0.